The normalized spacial score (nSPS) is 38.7. The van der Waals surface area contributed by atoms with Crippen molar-refractivity contribution in [3.8, 4) is 0 Å². The van der Waals surface area contributed by atoms with Crippen LogP contribution in [0.25, 0.3) is 0 Å². The zero-order valence-electron chi connectivity index (χ0n) is 11.7. The fraction of sp³-hybridized carbons (Fsp3) is 0.929. The molecule has 98 valence electrons. The van der Waals surface area contributed by atoms with E-state index in [0.717, 1.165) is 12.3 Å². The van der Waals surface area contributed by atoms with Gasteiger partial charge < -0.3 is 4.74 Å². The van der Waals surface area contributed by atoms with Crippen molar-refractivity contribution in [1.29, 1.82) is 0 Å². The number of fused-ring (bicyclic) bond motifs is 2. The molecule has 3 heteroatoms. The Bertz CT molecular complexity index is 324. The Morgan fingerprint density at radius 2 is 2.00 bits per heavy atom. The minimum absolute atomic E-state index is 0.0791. The second-order valence-corrected chi connectivity index (χ2v) is 6.83. The standard InChI is InChI=1S/C14H25NO2/c1-13(2)10-6-7-14(13,3)11(8-10)17-12(16)9-15(4)5/h10-11H,6-9H2,1-5H3/t10-,11-,14-/m1/s1. The van der Waals surface area contributed by atoms with Crippen molar-refractivity contribution in [2.75, 3.05) is 20.6 Å². The van der Waals surface area contributed by atoms with Crippen LogP contribution in [0.15, 0.2) is 0 Å². The van der Waals surface area contributed by atoms with E-state index in [1.807, 2.05) is 19.0 Å². The van der Waals surface area contributed by atoms with Gasteiger partial charge in [0.2, 0.25) is 0 Å². The molecule has 3 nitrogen and oxygen atoms in total. The summed E-state index contributed by atoms with van der Waals surface area (Å²) in [6.07, 6.45) is 3.68. The van der Waals surface area contributed by atoms with Gasteiger partial charge in [-0.05, 0) is 44.7 Å². The number of likely N-dealkylation sites (N-methyl/N-ethyl adjacent to an activating group) is 1. The predicted octanol–water partition coefficient (Wildman–Crippen LogP) is 2.31. The van der Waals surface area contributed by atoms with Crippen LogP contribution in [0.1, 0.15) is 40.0 Å². The SMILES string of the molecule is CN(C)CC(=O)O[C@@H]1C[C@H]2CC[C@@]1(C)C2(C)C. The average Bonchev–Trinajstić information content (AvgIpc) is 2.49. The minimum Gasteiger partial charge on any atom is -0.461 e. The maximum Gasteiger partial charge on any atom is 0.320 e. The van der Waals surface area contributed by atoms with E-state index in [-0.39, 0.29) is 17.5 Å². The molecule has 0 aromatic rings. The highest BCUT2D eigenvalue weighted by molar-refractivity contribution is 5.72. The average molecular weight is 239 g/mol. The van der Waals surface area contributed by atoms with Crippen LogP contribution in [0.5, 0.6) is 0 Å². The molecule has 2 rings (SSSR count). The largest absolute Gasteiger partial charge is 0.461 e. The molecule has 0 saturated heterocycles. The molecule has 17 heavy (non-hydrogen) atoms. The Balaban J connectivity index is 2.03. The molecule has 0 heterocycles. The third-order valence-electron chi connectivity index (χ3n) is 5.43. The van der Waals surface area contributed by atoms with E-state index in [0.29, 0.717) is 12.0 Å². The van der Waals surface area contributed by atoms with Crippen LogP contribution in [0.2, 0.25) is 0 Å². The number of rotatable bonds is 3. The van der Waals surface area contributed by atoms with E-state index in [2.05, 4.69) is 20.8 Å². The molecular weight excluding hydrogens is 214 g/mol. The van der Waals surface area contributed by atoms with Gasteiger partial charge in [-0.2, -0.15) is 0 Å². The van der Waals surface area contributed by atoms with Crippen LogP contribution < -0.4 is 0 Å². The Kier molecular flexibility index (Phi) is 3.01. The molecule has 0 aromatic carbocycles. The second kappa shape index (κ2) is 3.98. The third-order valence-corrected chi connectivity index (χ3v) is 5.43. The van der Waals surface area contributed by atoms with Crippen LogP contribution in [0.4, 0.5) is 0 Å². The van der Waals surface area contributed by atoms with Gasteiger partial charge in [-0.1, -0.05) is 20.8 Å². The summed E-state index contributed by atoms with van der Waals surface area (Å²) in [5.74, 6) is 0.647. The highest BCUT2D eigenvalue weighted by Gasteiger charge is 2.62. The Morgan fingerprint density at radius 1 is 1.35 bits per heavy atom. The van der Waals surface area contributed by atoms with Crippen LogP contribution in [-0.2, 0) is 9.53 Å². The van der Waals surface area contributed by atoms with Crippen LogP contribution >= 0.6 is 0 Å². The van der Waals surface area contributed by atoms with Crippen molar-refractivity contribution >= 4 is 5.97 Å². The molecule has 0 unspecified atom stereocenters. The molecule has 2 saturated carbocycles. The summed E-state index contributed by atoms with van der Waals surface area (Å²) >= 11 is 0. The van der Waals surface area contributed by atoms with E-state index >= 15 is 0 Å². The summed E-state index contributed by atoms with van der Waals surface area (Å²) in [5.41, 5.74) is 0.496. The summed E-state index contributed by atoms with van der Waals surface area (Å²) < 4.78 is 5.71. The van der Waals surface area contributed by atoms with Gasteiger partial charge in [0.15, 0.2) is 0 Å². The number of carbonyl (C=O) groups excluding carboxylic acids is 1. The van der Waals surface area contributed by atoms with Crippen molar-refractivity contribution < 1.29 is 9.53 Å². The number of carbonyl (C=O) groups is 1. The van der Waals surface area contributed by atoms with Gasteiger partial charge in [0, 0.05) is 5.41 Å². The summed E-state index contributed by atoms with van der Waals surface area (Å²) in [6, 6.07) is 0. The van der Waals surface area contributed by atoms with E-state index in [1.54, 1.807) is 0 Å². The van der Waals surface area contributed by atoms with Gasteiger partial charge in [-0.3, -0.25) is 9.69 Å². The molecule has 2 aliphatic rings. The number of nitrogens with zero attached hydrogens (tertiary/aromatic N) is 1. The Morgan fingerprint density at radius 3 is 2.41 bits per heavy atom. The number of hydrogen-bond donors (Lipinski definition) is 0. The van der Waals surface area contributed by atoms with E-state index in [4.69, 9.17) is 4.74 Å². The third kappa shape index (κ3) is 1.88. The lowest BCUT2D eigenvalue weighted by molar-refractivity contribution is -0.157. The van der Waals surface area contributed by atoms with Crippen LogP contribution in [-0.4, -0.2) is 37.6 Å². The smallest absolute Gasteiger partial charge is 0.320 e. The molecule has 2 aliphatic carbocycles. The summed E-state index contributed by atoms with van der Waals surface area (Å²) in [4.78, 5) is 13.6. The molecule has 0 spiro atoms. The van der Waals surface area contributed by atoms with Crippen molar-refractivity contribution in [3.63, 3.8) is 0 Å². The highest BCUT2D eigenvalue weighted by Crippen LogP contribution is 2.66. The van der Waals surface area contributed by atoms with Gasteiger partial charge in [0.1, 0.15) is 6.10 Å². The minimum atomic E-state index is -0.0791. The summed E-state index contributed by atoms with van der Waals surface area (Å²) in [6.45, 7) is 7.36. The van der Waals surface area contributed by atoms with Crippen LogP contribution in [0.3, 0.4) is 0 Å². The monoisotopic (exact) mass is 239 g/mol. The topological polar surface area (TPSA) is 29.5 Å². The van der Waals surface area contributed by atoms with Crippen molar-refractivity contribution in [2.45, 2.75) is 46.1 Å². The lowest BCUT2D eigenvalue weighted by Gasteiger charge is -2.38. The molecule has 0 aromatic heterocycles. The van der Waals surface area contributed by atoms with Gasteiger partial charge in [0.05, 0.1) is 6.54 Å². The maximum atomic E-state index is 11.8. The van der Waals surface area contributed by atoms with Crippen LogP contribution in [0, 0.1) is 16.7 Å². The molecule has 0 aliphatic heterocycles. The predicted molar refractivity (Wildman–Crippen MR) is 67.7 cm³/mol. The Labute approximate surface area is 105 Å². The molecular formula is C14H25NO2. The quantitative estimate of drug-likeness (QED) is 0.708. The molecule has 2 bridgehead atoms. The fourth-order valence-corrected chi connectivity index (χ4v) is 3.76. The van der Waals surface area contributed by atoms with Gasteiger partial charge >= 0.3 is 5.97 Å². The Hall–Kier alpha value is -0.570. The second-order valence-electron chi connectivity index (χ2n) is 6.83. The fourth-order valence-electron chi connectivity index (χ4n) is 3.76. The molecule has 0 amide bonds. The molecule has 0 radical (unpaired) electrons. The lowest BCUT2D eigenvalue weighted by Crippen LogP contribution is -2.39. The zero-order chi connectivity index (χ0) is 12.8. The van der Waals surface area contributed by atoms with Crippen molar-refractivity contribution in [1.82, 2.24) is 4.90 Å². The summed E-state index contributed by atoms with van der Waals surface area (Å²) in [5, 5.41) is 0. The lowest BCUT2D eigenvalue weighted by atomic mass is 9.70. The zero-order valence-corrected chi connectivity index (χ0v) is 11.7. The first-order valence-corrected chi connectivity index (χ1v) is 6.61. The first-order valence-electron chi connectivity index (χ1n) is 6.61. The van der Waals surface area contributed by atoms with Gasteiger partial charge in [-0.25, -0.2) is 0 Å². The highest BCUT2D eigenvalue weighted by atomic mass is 16.5. The number of esters is 1. The van der Waals surface area contributed by atoms with Crippen molar-refractivity contribution in [2.24, 2.45) is 16.7 Å². The van der Waals surface area contributed by atoms with Gasteiger partial charge in [-0.15, -0.1) is 0 Å². The van der Waals surface area contributed by atoms with E-state index < -0.39 is 0 Å². The molecule has 0 N–H and O–H groups in total. The first kappa shape index (κ1) is 12.9. The number of hydrogen-bond acceptors (Lipinski definition) is 3. The van der Waals surface area contributed by atoms with E-state index in [9.17, 15) is 4.79 Å². The van der Waals surface area contributed by atoms with Crippen molar-refractivity contribution in [3.05, 3.63) is 0 Å². The number of ether oxygens (including phenoxy) is 1. The summed E-state index contributed by atoms with van der Waals surface area (Å²) in [7, 11) is 3.79. The molecule has 2 fully saturated rings. The first-order chi connectivity index (χ1) is 7.77. The maximum absolute atomic E-state index is 11.8. The van der Waals surface area contributed by atoms with E-state index in [1.165, 1.54) is 12.8 Å². The molecule has 3 atom stereocenters. The van der Waals surface area contributed by atoms with Gasteiger partial charge in [0.25, 0.3) is 0 Å².